The van der Waals surface area contributed by atoms with E-state index in [1.54, 1.807) is 18.3 Å². The fraction of sp³-hybridized carbons (Fsp3) is 0. The van der Waals surface area contributed by atoms with Crippen molar-refractivity contribution in [3.63, 3.8) is 0 Å². The van der Waals surface area contributed by atoms with E-state index in [9.17, 15) is 14.9 Å². The highest BCUT2D eigenvalue weighted by atomic mass is 32.1. The molecule has 0 N–H and O–H groups in total. The third-order valence-corrected chi connectivity index (χ3v) is 4.76. The van der Waals surface area contributed by atoms with Gasteiger partial charge in [0.2, 0.25) is 0 Å². The first-order valence-corrected chi connectivity index (χ1v) is 8.27. The minimum absolute atomic E-state index is 0.0223. The van der Waals surface area contributed by atoms with Crippen LogP contribution in [0.4, 0.5) is 5.69 Å². The summed E-state index contributed by atoms with van der Waals surface area (Å²) in [4.78, 5) is 27.9. The Balaban J connectivity index is 1.76. The van der Waals surface area contributed by atoms with Crippen LogP contribution in [0, 0.1) is 10.1 Å². The molecule has 7 heteroatoms. The van der Waals surface area contributed by atoms with Gasteiger partial charge in [0.1, 0.15) is 0 Å². The first-order chi connectivity index (χ1) is 12.1. The lowest BCUT2D eigenvalue weighted by atomic mass is 10.1. The van der Waals surface area contributed by atoms with Crippen LogP contribution in [0.3, 0.4) is 0 Å². The van der Waals surface area contributed by atoms with E-state index in [0.717, 1.165) is 11.1 Å². The predicted octanol–water partition coefficient (Wildman–Crippen LogP) is 2.88. The van der Waals surface area contributed by atoms with Gasteiger partial charge in [-0.1, -0.05) is 41.7 Å². The van der Waals surface area contributed by atoms with Gasteiger partial charge in [0.05, 0.1) is 15.1 Å². The van der Waals surface area contributed by atoms with E-state index in [1.165, 1.54) is 27.9 Å². The fourth-order valence-electron chi connectivity index (χ4n) is 2.53. The zero-order valence-corrected chi connectivity index (χ0v) is 13.6. The summed E-state index contributed by atoms with van der Waals surface area (Å²) in [6.07, 6.45) is 3.50. The average Bonchev–Trinajstić information content (AvgIpc) is 3.16. The number of hydrogen-bond donors (Lipinski definition) is 0. The summed E-state index contributed by atoms with van der Waals surface area (Å²) in [7, 11) is 0. The van der Waals surface area contributed by atoms with E-state index in [0.29, 0.717) is 15.2 Å². The lowest BCUT2D eigenvalue weighted by Crippen LogP contribution is -2.22. The largest absolute Gasteiger partial charge is 0.274 e. The molecule has 6 nitrogen and oxygen atoms in total. The molecule has 0 unspecified atom stereocenters. The van der Waals surface area contributed by atoms with E-state index < -0.39 is 4.92 Å². The molecule has 2 aromatic heterocycles. The smallest absolute Gasteiger partial charge is 0.267 e. The van der Waals surface area contributed by atoms with Crippen LogP contribution >= 0.6 is 11.3 Å². The molecule has 0 spiro atoms. The highest BCUT2D eigenvalue weighted by Gasteiger charge is 2.11. The number of rotatable bonds is 3. The molecular formula is C18H11N3O3S. The average molecular weight is 349 g/mol. The summed E-state index contributed by atoms with van der Waals surface area (Å²) in [6, 6.07) is 15.7. The van der Waals surface area contributed by atoms with Crippen molar-refractivity contribution in [3.05, 3.63) is 91.4 Å². The predicted molar refractivity (Wildman–Crippen MR) is 96.7 cm³/mol. The van der Waals surface area contributed by atoms with Crippen molar-refractivity contribution in [2.45, 2.75) is 0 Å². The number of nitro benzene ring substituents is 1. The molecule has 0 saturated heterocycles. The van der Waals surface area contributed by atoms with Gasteiger partial charge in [-0.05, 0) is 23.8 Å². The van der Waals surface area contributed by atoms with Crippen molar-refractivity contribution in [1.82, 2.24) is 9.38 Å². The van der Waals surface area contributed by atoms with E-state index in [1.807, 2.05) is 36.4 Å². The van der Waals surface area contributed by atoms with Gasteiger partial charge in [-0.2, -0.15) is 0 Å². The number of fused-ring (bicyclic) bond motifs is 1. The van der Waals surface area contributed by atoms with Gasteiger partial charge >= 0.3 is 0 Å². The number of nitro groups is 1. The third-order valence-electron chi connectivity index (χ3n) is 3.78. The molecule has 4 rings (SSSR count). The highest BCUT2D eigenvalue weighted by Crippen LogP contribution is 2.22. The van der Waals surface area contributed by atoms with Crippen LogP contribution in [0.15, 0.2) is 65.6 Å². The quantitative estimate of drug-likeness (QED) is 0.421. The van der Waals surface area contributed by atoms with Gasteiger partial charge in [0.25, 0.3) is 11.2 Å². The van der Waals surface area contributed by atoms with Crippen molar-refractivity contribution in [2.24, 2.45) is 0 Å². The maximum absolute atomic E-state index is 12.5. The van der Waals surface area contributed by atoms with Crippen LogP contribution in [0.5, 0.6) is 0 Å². The Hall–Kier alpha value is -3.32. The Morgan fingerprint density at radius 2 is 1.80 bits per heavy atom. The SMILES string of the molecule is O=c1c(=Cc2ccccc2)sc2nc(-c3ccc([N+](=O)[O-])cc3)cn12. The molecule has 0 aliphatic rings. The number of imidazole rings is 1. The van der Waals surface area contributed by atoms with Crippen LogP contribution in [0.25, 0.3) is 22.3 Å². The van der Waals surface area contributed by atoms with Crippen molar-refractivity contribution in [1.29, 1.82) is 0 Å². The first-order valence-electron chi connectivity index (χ1n) is 7.45. The zero-order valence-electron chi connectivity index (χ0n) is 12.8. The van der Waals surface area contributed by atoms with Crippen LogP contribution in [-0.2, 0) is 0 Å². The Bertz CT molecular complexity index is 1180. The fourth-order valence-corrected chi connectivity index (χ4v) is 3.48. The topological polar surface area (TPSA) is 77.5 Å². The molecule has 0 aliphatic heterocycles. The summed E-state index contributed by atoms with van der Waals surface area (Å²) in [5.41, 5.74) is 2.21. The highest BCUT2D eigenvalue weighted by molar-refractivity contribution is 7.15. The Morgan fingerprint density at radius 1 is 1.08 bits per heavy atom. The molecule has 0 aliphatic carbocycles. The second kappa shape index (κ2) is 5.95. The Labute approximate surface area is 145 Å². The summed E-state index contributed by atoms with van der Waals surface area (Å²) in [5, 5.41) is 10.7. The molecule has 2 aromatic carbocycles. The van der Waals surface area contributed by atoms with Gasteiger partial charge in [0, 0.05) is 23.9 Å². The summed E-state index contributed by atoms with van der Waals surface area (Å²) >= 11 is 1.32. The van der Waals surface area contributed by atoms with Crippen LogP contribution in [0.2, 0.25) is 0 Å². The second-order valence-electron chi connectivity index (χ2n) is 5.41. The van der Waals surface area contributed by atoms with Gasteiger partial charge < -0.3 is 0 Å². The number of hydrogen-bond acceptors (Lipinski definition) is 5. The van der Waals surface area contributed by atoms with Gasteiger partial charge in [0.15, 0.2) is 4.96 Å². The number of thiazole rings is 1. The van der Waals surface area contributed by atoms with E-state index >= 15 is 0 Å². The van der Waals surface area contributed by atoms with Gasteiger partial charge in [-0.15, -0.1) is 0 Å². The molecular weight excluding hydrogens is 338 g/mol. The normalized spacial score (nSPS) is 11.9. The van der Waals surface area contributed by atoms with Crippen molar-refractivity contribution in [3.8, 4) is 11.3 Å². The summed E-state index contributed by atoms with van der Waals surface area (Å²) in [6.45, 7) is 0. The molecule has 0 amide bonds. The Kier molecular flexibility index (Phi) is 3.62. The van der Waals surface area contributed by atoms with Crippen molar-refractivity contribution in [2.75, 3.05) is 0 Å². The molecule has 0 radical (unpaired) electrons. The molecule has 122 valence electrons. The molecule has 25 heavy (non-hydrogen) atoms. The lowest BCUT2D eigenvalue weighted by molar-refractivity contribution is -0.384. The monoisotopic (exact) mass is 349 g/mol. The van der Waals surface area contributed by atoms with Crippen LogP contribution in [0.1, 0.15) is 5.56 Å². The molecule has 0 atom stereocenters. The molecule has 0 fully saturated rings. The maximum atomic E-state index is 12.5. The molecule has 0 bridgehead atoms. The first kappa shape index (κ1) is 15.2. The number of non-ortho nitro benzene ring substituents is 1. The minimum Gasteiger partial charge on any atom is -0.267 e. The zero-order chi connectivity index (χ0) is 17.4. The van der Waals surface area contributed by atoms with Crippen LogP contribution in [-0.4, -0.2) is 14.3 Å². The van der Waals surface area contributed by atoms with E-state index in [-0.39, 0.29) is 11.2 Å². The molecule has 4 aromatic rings. The third kappa shape index (κ3) is 2.81. The number of nitrogens with zero attached hydrogens (tertiary/aromatic N) is 3. The van der Waals surface area contributed by atoms with Gasteiger partial charge in [-0.3, -0.25) is 19.3 Å². The summed E-state index contributed by atoms with van der Waals surface area (Å²) < 4.78 is 2.12. The number of benzene rings is 2. The minimum atomic E-state index is -0.447. The Morgan fingerprint density at radius 3 is 2.44 bits per heavy atom. The van der Waals surface area contributed by atoms with E-state index in [2.05, 4.69) is 4.98 Å². The van der Waals surface area contributed by atoms with Crippen LogP contribution < -0.4 is 10.1 Å². The number of aromatic nitrogens is 2. The second-order valence-corrected chi connectivity index (χ2v) is 6.42. The maximum Gasteiger partial charge on any atom is 0.274 e. The van der Waals surface area contributed by atoms with E-state index in [4.69, 9.17) is 0 Å². The van der Waals surface area contributed by atoms with Crippen molar-refractivity contribution < 1.29 is 4.92 Å². The lowest BCUT2D eigenvalue weighted by Gasteiger charge is -1.95. The molecule has 2 heterocycles. The standard InChI is InChI=1S/C18H11N3O3S/c22-17-16(10-12-4-2-1-3-5-12)25-18-19-15(11-20(17)18)13-6-8-14(9-7-13)21(23)24/h1-11H. The van der Waals surface area contributed by atoms with Gasteiger partial charge in [-0.25, -0.2) is 4.98 Å². The molecule has 0 saturated carbocycles. The summed E-state index contributed by atoms with van der Waals surface area (Å²) in [5.74, 6) is 0. The van der Waals surface area contributed by atoms with Crippen molar-refractivity contribution >= 4 is 28.1 Å².